The van der Waals surface area contributed by atoms with Gasteiger partial charge in [0.15, 0.2) is 11.7 Å². The summed E-state index contributed by atoms with van der Waals surface area (Å²) in [6, 6.07) is 12.1. The van der Waals surface area contributed by atoms with Crippen LogP contribution in [0.2, 0.25) is 0 Å². The molecule has 5 rings (SSSR count). The van der Waals surface area contributed by atoms with Crippen LogP contribution in [0.1, 0.15) is 30.0 Å². The summed E-state index contributed by atoms with van der Waals surface area (Å²) >= 11 is 0. The minimum absolute atomic E-state index is 0.0247. The zero-order chi connectivity index (χ0) is 26.9. The Bertz CT molecular complexity index is 1270. The molecule has 1 atom stereocenters. The maximum absolute atomic E-state index is 13.6. The highest BCUT2D eigenvalue weighted by atomic mass is 19.3. The molecule has 202 valence electrons. The van der Waals surface area contributed by atoms with Gasteiger partial charge in [-0.1, -0.05) is 24.3 Å². The van der Waals surface area contributed by atoms with Crippen LogP contribution >= 0.6 is 0 Å². The van der Waals surface area contributed by atoms with Gasteiger partial charge < -0.3 is 28.6 Å². The molecule has 1 unspecified atom stereocenters. The number of oxazole rings is 1. The van der Waals surface area contributed by atoms with Gasteiger partial charge in [-0.2, -0.15) is 0 Å². The fraction of sp³-hybridized carbons (Fsp3) is 0.429. The normalized spacial score (nSPS) is 18.6. The Morgan fingerprint density at radius 3 is 2.42 bits per heavy atom. The molecule has 10 heteroatoms. The number of hydrogen-bond donors (Lipinski definition) is 0. The first kappa shape index (κ1) is 26.0. The van der Waals surface area contributed by atoms with Crippen LogP contribution in [0, 0.1) is 6.92 Å². The fourth-order valence-electron chi connectivity index (χ4n) is 4.94. The molecule has 0 saturated carbocycles. The number of morpholine rings is 1. The molecule has 0 spiro atoms. The fourth-order valence-corrected chi connectivity index (χ4v) is 4.94. The van der Waals surface area contributed by atoms with E-state index in [1.54, 1.807) is 37.3 Å². The van der Waals surface area contributed by atoms with Crippen LogP contribution in [0.4, 0.5) is 19.3 Å². The van der Waals surface area contributed by atoms with Gasteiger partial charge >= 0.3 is 6.03 Å². The Morgan fingerprint density at radius 2 is 1.79 bits per heavy atom. The number of piperazine rings is 1. The molecular weight excluding hydrogens is 494 g/mol. The molecule has 3 aromatic rings. The predicted octanol–water partition coefficient (Wildman–Crippen LogP) is 5.09. The number of aromatic nitrogens is 1. The maximum Gasteiger partial charge on any atom is 0.320 e. The predicted molar refractivity (Wildman–Crippen MR) is 139 cm³/mol. The van der Waals surface area contributed by atoms with Crippen LogP contribution < -0.4 is 9.64 Å². The summed E-state index contributed by atoms with van der Waals surface area (Å²) < 4.78 is 44.3. The second kappa shape index (κ2) is 10.6. The third-order valence-corrected chi connectivity index (χ3v) is 7.11. The molecule has 2 aromatic carbocycles. The van der Waals surface area contributed by atoms with Crippen molar-refractivity contribution in [1.82, 2.24) is 14.8 Å². The molecule has 2 aliphatic rings. The van der Waals surface area contributed by atoms with Crippen LogP contribution in [-0.2, 0) is 10.7 Å². The van der Waals surface area contributed by atoms with Crippen LogP contribution in [0.15, 0.2) is 53.1 Å². The molecule has 1 aromatic heterocycles. The Balaban J connectivity index is 1.19. The first-order valence-corrected chi connectivity index (χ1v) is 12.7. The number of hydrogen-bond acceptors (Lipinski definition) is 6. The number of ether oxygens (including phenoxy) is 2. The van der Waals surface area contributed by atoms with Crippen molar-refractivity contribution in [2.24, 2.45) is 0 Å². The number of halogens is 2. The van der Waals surface area contributed by atoms with Crippen molar-refractivity contribution in [1.29, 1.82) is 0 Å². The highest BCUT2D eigenvalue weighted by Gasteiger charge is 2.31. The first-order valence-electron chi connectivity index (χ1n) is 12.7. The van der Waals surface area contributed by atoms with Crippen molar-refractivity contribution in [2.45, 2.75) is 25.9 Å². The van der Waals surface area contributed by atoms with Gasteiger partial charge in [-0.15, -0.1) is 0 Å². The molecular formula is C28H32F2N4O4. The van der Waals surface area contributed by atoms with E-state index < -0.39 is 5.92 Å². The summed E-state index contributed by atoms with van der Waals surface area (Å²) in [7, 11) is 1.63. The van der Waals surface area contributed by atoms with Crippen molar-refractivity contribution >= 4 is 11.7 Å². The number of carbonyl (C=O) groups excluding carboxylic acids is 1. The molecule has 2 saturated heterocycles. The summed E-state index contributed by atoms with van der Waals surface area (Å²) in [5.74, 6) is -0.937. The number of urea groups is 1. The monoisotopic (exact) mass is 526 g/mol. The van der Waals surface area contributed by atoms with Gasteiger partial charge in [0.2, 0.25) is 0 Å². The Morgan fingerprint density at radius 1 is 1.05 bits per heavy atom. The number of amides is 2. The lowest BCUT2D eigenvalue weighted by Gasteiger charge is -2.41. The lowest BCUT2D eigenvalue weighted by molar-refractivity contribution is -0.0209. The molecule has 0 N–H and O–H groups in total. The lowest BCUT2D eigenvalue weighted by Crippen LogP contribution is -2.55. The number of rotatable bonds is 5. The zero-order valence-electron chi connectivity index (χ0n) is 21.8. The summed E-state index contributed by atoms with van der Waals surface area (Å²) in [4.78, 5) is 23.4. The molecule has 0 radical (unpaired) electrons. The second-order valence-corrected chi connectivity index (χ2v) is 9.70. The first-order chi connectivity index (χ1) is 18.2. The number of aryl methyl sites for hydroxylation is 1. The highest BCUT2D eigenvalue weighted by Crippen LogP contribution is 2.34. The largest absolute Gasteiger partial charge is 0.496 e. The Kier molecular flexibility index (Phi) is 7.25. The molecule has 2 aliphatic heterocycles. The standard InChI is InChI=1S/C28H32F2N4O4/c1-19-31-17-25(38-19)23-9-8-22(16-24(23)36-3)32-10-12-33(13-11-32)27(35)34-14-15-37-26(18-34)20-4-6-21(7-5-20)28(2,29)30/h4-9,16-17,26H,10-15,18H2,1-3H3. The quantitative estimate of drug-likeness (QED) is 0.462. The Labute approximate surface area is 220 Å². The van der Waals surface area contributed by atoms with Crippen molar-refractivity contribution in [3.8, 4) is 17.1 Å². The molecule has 0 aliphatic carbocycles. The van der Waals surface area contributed by atoms with E-state index >= 15 is 0 Å². The topological polar surface area (TPSA) is 71.3 Å². The van der Waals surface area contributed by atoms with Crippen molar-refractivity contribution in [2.75, 3.05) is 57.9 Å². The van der Waals surface area contributed by atoms with Crippen molar-refractivity contribution in [3.05, 3.63) is 65.7 Å². The summed E-state index contributed by atoms with van der Waals surface area (Å²) in [6.45, 7) is 6.53. The van der Waals surface area contributed by atoms with E-state index in [0.717, 1.165) is 23.7 Å². The maximum atomic E-state index is 13.6. The SMILES string of the molecule is COc1cc(N2CCN(C(=O)N3CCOC(c4ccc(C(C)(F)F)cc4)C3)CC2)ccc1-c1cnc(C)o1. The number of carbonyl (C=O) groups is 1. The third-order valence-electron chi connectivity index (χ3n) is 7.11. The van der Waals surface area contributed by atoms with Crippen LogP contribution in [0.25, 0.3) is 11.3 Å². The summed E-state index contributed by atoms with van der Waals surface area (Å²) in [5.41, 5.74) is 2.61. The molecule has 2 amide bonds. The Hall–Kier alpha value is -3.66. The molecule has 3 heterocycles. The van der Waals surface area contributed by atoms with Crippen LogP contribution in [-0.4, -0.2) is 73.8 Å². The number of anilines is 1. The zero-order valence-corrected chi connectivity index (χ0v) is 21.8. The van der Waals surface area contributed by atoms with E-state index in [-0.39, 0.29) is 17.7 Å². The molecule has 38 heavy (non-hydrogen) atoms. The van der Waals surface area contributed by atoms with E-state index in [1.165, 1.54) is 12.1 Å². The van der Waals surface area contributed by atoms with Gasteiger partial charge in [-0.3, -0.25) is 0 Å². The van der Waals surface area contributed by atoms with Crippen LogP contribution in [0.5, 0.6) is 5.75 Å². The van der Waals surface area contributed by atoms with E-state index in [2.05, 4.69) is 9.88 Å². The third kappa shape index (κ3) is 5.45. The van der Waals surface area contributed by atoms with E-state index in [0.29, 0.717) is 63.3 Å². The highest BCUT2D eigenvalue weighted by molar-refractivity contribution is 5.75. The number of alkyl halides is 2. The van der Waals surface area contributed by atoms with Gasteiger partial charge in [0.1, 0.15) is 11.9 Å². The summed E-state index contributed by atoms with van der Waals surface area (Å²) in [6.07, 6.45) is 1.35. The van der Waals surface area contributed by atoms with Crippen molar-refractivity contribution < 1.29 is 27.5 Å². The number of methoxy groups -OCH3 is 1. The summed E-state index contributed by atoms with van der Waals surface area (Å²) in [5, 5.41) is 0. The molecule has 2 fully saturated rings. The van der Waals surface area contributed by atoms with Gasteiger partial charge in [0, 0.05) is 63.9 Å². The number of nitrogens with zero attached hydrogens (tertiary/aromatic N) is 4. The van der Waals surface area contributed by atoms with Crippen LogP contribution in [0.3, 0.4) is 0 Å². The van der Waals surface area contributed by atoms with E-state index in [1.807, 2.05) is 23.1 Å². The van der Waals surface area contributed by atoms with E-state index in [4.69, 9.17) is 13.9 Å². The van der Waals surface area contributed by atoms with E-state index in [9.17, 15) is 13.6 Å². The average molecular weight is 527 g/mol. The van der Waals surface area contributed by atoms with Crippen molar-refractivity contribution in [3.63, 3.8) is 0 Å². The van der Waals surface area contributed by atoms with Gasteiger partial charge in [-0.25, -0.2) is 18.6 Å². The van der Waals surface area contributed by atoms with Gasteiger partial charge in [-0.05, 0) is 17.7 Å². The minimum atomic E-state index is -2.89. The molecule has 8 nitrogen and oxygen atoms in total. The number of benzene rings is 2. The smallest absolute Gasteiger partial charge is 0.320 e. The minimum Gasteiger partial charge on any atom is -0.496 e. The van der Waals surface area contributed by atoms with Gasteiger partial charge in [0.25, 0.3) is 5.92 Å². The van der Waals surface area contributed by atoms with Gasteiger partial charge in [0.05, 0.1) is 32.0 Å². The lowest BCUT2D eigenvalue weighted by atomic mass is 10.0. The second-order valence-electron chi connectivity index (χ2n) is 9.70. The average Bonchev–Trinajstić information content (AvgIpc) is 3.38. The molecule has 0 bridgehead atoms.